The number of hydrogen-bond acceptors (Lipinski definition) is 3. The highest BCUT2D eigenvalue weighted by Crippen LogP contribution is 2.29. The van der Waals surface area contributed by atoms with E-state index in [0.717, 1.165) is 0 Å². The molecule has 1 fully saturated rings. The Kier molecular flexibility index (Phi) is 4.90. The van der Waals surface area contributed by atoms with Gasteiger partial charge in [-0.05, 0) is 25.7 Å². The van der Waals surface area contributed by atoms with Gasteiger partial charge in [-0.3, -0.25) is 4.79 Å². The highest BCUT2D eigenvalue weighted by atomic mass is 16.5. The number of nitrogens with two attached hydrogens (primary N) is 1. The summed E-state index contributed by atoms with van der Waals surface area (Å²) in [5, 5.41) is 2.94. The molecule has 0 spiro atoms. The number of carbonyl (C=O) groups excluding carboxylic acids is 1. The number of ether oxygens (including phenoxy) is 1. The van der Waals surface area contributed by atoms with Gasteiger partial charge in [-0.25, -0.2) is 0 Å². The Morgan fingerprint density at radius 3 is 2.86 bits per heavy atom. The lowest BCUT2D eigenvalue weighted by molar-refractivity contribution is -0.126. The van der Waals surface area contributed by atoms with Crippen LogP contribution in [0.15, 0.2) is 0 Å². The monoisotopic (exact) mass is 200 g/mol. The quantitative estimate of drug-likeness (QED) is 0.605. The summed E-state index contributed by atoms with van der Waals surface area (Å²) < 4.78 is 5.04. The van der Waals surface area contributed by atoms with Gasteiger partial charge in [0, 0.05) is 12.6 Å². The highest BCUT2D eigenvalue weighted by Gasteiger charge is 2.24. The van der Waals surface area contributed by atoms with Gasteiger partial charge >= 0.3 is 0 Å². The second-order valence-electron chi connectivity index (χ2n) is 3.89. The van der Waals surface area contributed by atoms with E-state index in [4.69, 9.17) is 10.5 Å². The number of carbonyl (C=O) groups is 1. The van der Waals surface area contributed by atoms with Crippen molar-refractivity contribution in [2.24, 2.45) is 11.7 Å². The van der Waals surface area contributed by atoms with Gasteiger partial charge in [0.15, 0.2) is 0 Å². The first kappa shape index (κ1) is 11.5. The van der Waals surface area contributed by atoms with Crippen molar-refractivity contribution in [2.45, 2.75) is 32.2 Å². The summed E-state index contributed by atoms with van der Waals surface area (Å²) in [6.07, 6.45) is 3.78. The van der Waals surface area contributed by atoms with Crippen molar-refractivity contribution in [1.82, 2.24) is 5.32 Å². The van der Waals surface area contributed by atoms with Gasteiger partial charge in [-0.1, -0.05) is 6.42 Å². The summed E-state index contributed by atoms with van der Waals surface area (Å²) in [6.45, 7) is 3.11. The van der Waals surface area contributed by atoms with E-state index in [-0.39, 0.29) is 18.6 Å². The maximum Gasteiger partial charge on any atom is 0.246 e. The zero-order valence-corrected chi connectivity index (χ0v) is 8.79. The molecule has 0 aromatic heterocycles. The Morgan fingerprint density at radius 1 is 1.64 bits per heavy atom. The fourth-order valence-electron chi connectivity index (χ4n) is 1.60. The number of hydrogen-bond donors (Lipinski definition) is 2. The number of nitrogens with one attached hydrogen (secondary N) is 1. The van der Waals surface area contributed by atoms with E-state index in [0.29, 0.717) is 19.1 Å². The van der Waals surface area contributed by atoms with E-state index in [1.165, 1.54) is 19.3 Å². The van der Waals surface area contributed by atoms with Crippen molar-refractivity contribution < 1.29 is 9.53 Å². The normalized spacial score (nSPS) is 18.7. The summed E-state index contributed by atoms with van der Waals surface area (Å²) in [5.74, 6) is 0.645. The zero-order valence-electron chi connectivity index (χ0n) is 8.79. The van der Waals surface area contributed by atoms with E-state index >= 15 is 0 Å². The first-order chi connectivity index (χ1) is 6.74. The van der Waals surface area contributed by atoms with Crippen LogP contribution in [0.5, 0.6) is 0 Å². The lowest BCUT2D eigenvalue weighted by Gasteiger charge is -2.31. The minimum atomic E-state index is -0.0298. The van der Waals surface area contributed by atoms with E-state index in [2.05, 4.69) is 12.2 Å². The smallest absolute Gasteiger partial charge is 0.246 e. The fraction of sp³-hybridized carbons (Fsp3) is 0.900. The maximum atomic E-state index is 11.3. The van der Waals surface area contributed by atoms with Crippen molar-refractivity contribution in [3.63, 3.8) is 0 Å². The minimum Gasteiger partial charge on any atom is -0.370 e. The van der Waals surface area contributed by atoms with Crippen LogP contribution in [-0.4, -0.2) is 31.7 Å². The van der Waals surface area contributed by atoms with Crippen LogP contribution in [0.4, 0.5) is 0 Å². The molecule has 0 radical (unpaired) electrons. The molecular formula is C10H20N2O2. The van der Waals surface area contributed by atoms with Gasteiger partial charge in [0.1, 0.15) is 6.61 Å². The predicted molar refractivity (Wildman–Crippen MR) is 54.8 cm³/mol. The molecule has 3 N–H and O–H groups in total. The average molecular weight is 200 g/mol. The van der Waals surface area contributed by atoms with Crippen LogP contribution in [0.3, 0.4) is 0 Å². The van der Waals surface area contributed by atoms with Crippen LogP contribution < -0.4 is 11.1 Å². The molecule has 0 aromatic rings. The Hall–Kier alpha value is -0.610. The van der Waals surface area contributed by atoms with Crippen molar-refractivity contribution >= 4 is 5.91 Å². The molecule has 4 nitrogen and oxygen atoms in total. The third-order valence-electron chi connectivity index (χ3n) is 2.74. The molecule has 0 aromatic carbocycles. The molecule has 14 heavy (non-hydrogen) atoms. The Labute approximate surface area is 85.2 Å². The second-order valence-corrected chi connectivity index (χ2v) is 3.89. The summed E-state index contributed by atoms with van der Waals surface area (Å²) in [4.78, 5) is 11.3. The van der Waals surface area contributed by atoms with E-state index in [1.807, 2.05) is 0 Å². The SMILES string of the molecule is CC(NC(=O)COCCN)C1CCC1. The van der Waals surface area contributed by atoms with Gasteiger partial charge in [-0.15, -0.1) is 0 Å². The van der Waals surface area contributed by atoms with E-state index in [1.54, 1.807) is 0 Å². The molecule has 0 saturated heterocycles. The molecule has 4 heteroatoms. The second kappa shape index (κ2) is 5.98. The highest BCUT2D eigenvalue weighted by molar-refractivity contribution is 5.77. The molecular weight excluding hydrogens is 180 g/mol. The third-order valence-corrected chi connectivity index (χ3v) is 2.74. The Balaban J connectivity index is 2.06. The molecule has 1 aliphatic carbocycles. The topological polar surface area (TPSA) is 64.3 Å². The molecule has 0 bridgehead atoms. The first-order valence-corrected chi connectivity index (χ1v) is 5.31. The first-order valence-electron chi connectivity index (χ1n) is 5.31. The van der Waals surface area contributed by atoms with Crippen LogP contribution >= 0.6 is 0 Å². The molecule has 1 rings (SSSR count). The summed E-state index contributed by atoms with van der Waals surface area (Å²) in [6, 6.07) is 0.290. The molecule has 1 atom stereocenters. The number of amides is 1. The Morgan fingerprint density at radius 2 is 2.36 bits per heavy atom. The molecule has 1 aliphatic rings. The lowest BCUT2D eigenvalue weighted by atomic mass is 9.80. The van der Waals surface area contributed by atoms with Crippen LogP contribution in [0, 0.1) is 5.92 Å². The molecule has 82 valence electrons. The average Bonchev–Trinajstić information content (AvgIpc) is 2.00. The molecule has 1 saturated carbocycles. The predicted octanol–water partition coefficient (Wildman–Crippen LogP) is 0.267. The van der Waals surface area contributed by atoms with Crippen molar-refractivity contribution in [2.75, 3.05) is 19.8 Å². The van der Waals surface area contributed by atoms with Gasteiger partial charge in [0.05, 0.1) is 6.61 Å². The fourth-order valence-corrected chi connectivity index (χ4v) is 1.60. The van der Waals surface area contributed by atoms with E-state index < -0.39 is 0 Å². The van der Waals surface area contributed by atoms with Gasteiger partial charge in [0.25, 0.3) is 0 Å². The van der Waals surface area contributed by atoms with Crippen LogP contribution in [0.2, 0.25) is 0 Å². The zero-order chi connectivity index (χ0) is 10.4. The molecule has 1 unspecified atom stereocenters. The Bertz CT molecular complexity index is 181. The molecule has 0 heterocycles. The summed E-state index contributed by atoms with van der Waals surface area (Å²) in [7, 11) is 0. The molecule has 0 aliphatic heterocycles. The standard InChI is InChI=1S/C10H20N2O2/c1-8(9-3-2-4-9)12-10(13)7-14-6-5-11/h8-9H,2-7,11H2,1H3,(H,12,13). The van der Waals surface area contributed by atoms with Crippen LogP contribution in [0.1, 0.15) is 26.2 Å². The third kappa shape index (κ3) is 3.64. The van der Waals surface area contributed by atoms with Crippen LogP contribution in [-0.2, 0) is 9.53 Å². The number of rotatable bonds is 6. The van der Waals surface area contributed by atoms with Crippen molar-refractivity contribution in [1.29, 1.82) is 0 Å². The largest absolute Gasteiger partial charge is 0.370 e. The maximum absolute atomic E-state index is 11.3. The lowest BCUT2D eigenvalue weighted by Crippen LogP contribution is -2.42. The van der Waals surface area contributed by atoms with Crippen molar-refractivity contribution in [3.8, 4) is 0 Å². The van der Waals surface area contributed by atoms with Gasteiger partial charge in [-0.2, -0.15) is 0 Å². The van der Waals surface area contributed by atoms with E-state index in [9.17, 15) is 4.79 Å². The van der Waals surface area contributed by atoms with Gasteiger partial charge < -0.3 is 15.8 Å². The van der Waals surface area contributed by atoms with Crippen molar-refractivity contribution in [3.05, 3.63) is 0 Å². The van der Waals surface area contributed by atoms with Crippen LogP contribution in [0.25, 0.3) is 0 Å². The molecule has 1 amide bonds. The van der Waals surface area contributed by atoms with Gasteiger partial charge in [0.2, 0.25) is 5.91 Å². The summed E-state index contributed by atoms with van der Waals surface area (Å²) in [5.41, 5.74) is 5.24. The summed E-state index contributed by atoms with van der Waals surface area (Å²) >= 11 is 0. The minimum absolute atomic E-state index is 0.0298.